The van der Waals surface area contributed by atoms with Crippen molar-refractivity contribution in [1.82, 2.24) is 0 Å². The van der Waals surface area contributed by atoms with Crippen LogP contribution >= 0.6 is 0 Å². The molecule has 0 saturated heterocycles. The van der Waals surface area contributed by atoms with E-state index in [0.29, 0.717) is 28.5 Å². The fourth-order valence-electron chi connectivity index (χ4n) is 2.42. The Bertz CT molecular complexity index is 977. The van der Waals surface area contributed by atoms with Gasteiger partial charge in [0, 0.05) is 11.8 Å². The SMILES string of the molecule is COc1cccc(/C=C(\C#N)C(=O)OCC(=O)Nc2ccc3c(c2)OCO3)c1. The van der Waals surface area contributed by atoms with E-state index < -0.39 is 18.5 Å². The van der Waals surface area contributed by atoms with E-state index in [-0.39, 0.29) is 12.4 Å². The van der Waals surface area contributed by atoms with Gasteiger partial charge in [0.05, 0.1) is 7.11 Å². The molecular weight excluding hydrogens is 364 g/mol. The number of nitrogens with zero attached hydrogens (tertiary/aromatic N) is 1. The molecule has 1 N–H and O–H groups in total. The van der Waals surface area contributed by atoms with Crippen LogP contribution in [0, 0.1) is 11.3 Å². The number of hydrogen-bond donors (Lipinski definition) is 1. The van der Waals surface area contributed by atoms with Crippen LogP contribution in [0.2, 0.25) is 0 Å². The highest BCUT2D eigenvalue weighted by Crippen LogP contribution is 2.34. The van der Waals surface area contributed by atoms with Gasteiger partial charge in [0.15, 0.2) is 18.1 Å². The molecule has 0 aromatic heterocycles. The molecule has 0 atom stereocenters. The molecule has 3 rings (SSSR count). The maximum absolute atomic E-state index is 12.1. The topological polar surface area (TPSA) is 107 Å². The normalized spacial score (nSPS) is 12.1. The van der Waals surface area contributed by atoms with Gasteiger partial charge in [-0.3, -0.25) is 4.79 Å². The summed E-state index contributed by atoms with van der Waals surface area (Å²) in [4.78, 5) is 24.1. The standard InChI is InChI=1S/C20H16N2O6/c1-25-16-4-2-3-13(8-16)7-14(10-21)20(24)26-11-19(23)22-15-5-6-17-18(9-15)28-12-27-17/h2-9H,11-12H2,1H3,(H,22,23)/b14-7+. The van der Waals surface area contributed by atoms with Crippen molar-refractivity contribution in [2.75, 3.05) is 25.8 Å². The van der Waals surface area contributed by atoms with Crippen molar-refractivity contribution in [3.8, 4) is 23.3 Å². The molecule has 0 fully saturated rings. The lowest BCUT2D eigenvalue weighted by Gasteiger charge is -2.07. The second-order valence-electron chi connectivity index (χ2n) is 5.64. The molecule has 0 bridgehead atoms. The maximum atomic E-state index is 12.1. The van der Waals surface area contributed by atoms with Crippen LogP contribution in [0.1, 0.15) is 5.56 Å². The van der Waals surface area contributed by atoms with Gasteiger partial charge in [0.1, 0.15) is 17.4 Å². The Kier molecular flexibility index (Phi) is 5.77. The summed E-state index contributed by atoms with van der Waals surface area (Å²) in [5.74, 6) is 0.244. The molecule has 142 valence electrons. The van der Waals surface area contributed by atoms with Gasteiger partial charge in [0.25, 0.3) is 5.91 Å². The van der Waals surface area contributed by atoms with Crippen LogP contribution in [0.3, 0.4) is 0 Å². The van der Waals surface area contributed by atoms with E-state index in [1.807, 2.05) is 0 Å². The molecule has 1 aliphatic rings. The number of rotatable bonds is 6. The van der Waals surface area contributed by atoms with Crippen molar-refractivity contribution in [2.45, 2.75) is 0 Å². The summed E-state index contributed by atoms with van der Waals surface area (Å²) < 4.78 is 20.4. The number of nitriles is 1. The molecule has 8 nitrogen and oxygen atoms in total. The molecule has 28 heavy (non-hydrogen) atoms. The number of benzene rings is 2. The smallest absolute Gasteiger partial charge is 0.349 e. The minimum atomic E-state index is -0.897. The molecule has 8 heteroatoms. The number of carbonyl (C=O) groups excluding carboxylic acids is 2. The zero-order valence-corrected chi connectivity index (χ0v) is 14.9. The van der Waals surface area contributed by atoms with Crippen molar-refractivity contribution < 1.29 is 28.5 Å². The van der Waals surface area contributed by atoms with Crippen molar-refractivity contribution in [1.29, 1.82) is 5.26 Å². The molecule has 0 radical (unpaired) electrons. The Morgan fingerprint density at radius 2 is 2.04 bits per heavy atom. The average molecular weight is 380 g/mol. The van der Waals surface area contributed by atoms with E-state index in [1.54, 1.807) is 48.5 Å². The largest absolute Gasteiger partial charge is 0.497 e. The maximum Gasteiger partial charge on any atom is 0.349 e. The number of anilines is 1. The van der Waals surface area contributed by atoms with E-state index in [0.717, 1.165) is 0 Å². The van der Waals surface area contributed by atoms with E-state index in [1.165, 1.54) is 13.2 Å². The molecule has 0 aliphatic carbocycles. The monoisotopic (exact) mass is 380 g/mol. The zero-order chi connectivity index (χ0) is 19.9. The highest BCUT2D eigenvalue weighted by molar-refractivity contribution is 6.00. The van der Waals surface area contributed by atoms with Crippen molar-refractivity contribution >= 4 is 23.6 Å². The Morgan fingerprint density at radius 1 is 1.21 bits per heavy atom. The first kappa shape index (κ1) is 18.8. The van der Waals surface area contributed by atoms with Gasteiger partial charge < -0.3 is 24.3 Å². The summed E-state index contributed by atoms with van der Waals surface area (Å²) >= 11 is 0. The molecule has 0 spiro atoms. The van der Waals surface area contributed by atoms with Gasteiger partial charge in [-0.05, 0) is 35.9 Å². The second kappa shape index (κ2) is 8.60. The number of amides is 1. The van der Waals surface area contributed by atoms with Crippen LogP contribution in [0.15, 0.2) is 48.0 Å². The minimum absolute atomic E-state index is 0.126. The van der Waals surface area contributed by atoms with Crippen LogP contribution in [0.5, 0.6) is 17.2 Å². The fourth-order valence-corrected chi connectivity index (χ4v) is 2.42. The van der Waals surface area contributed by atoms with Crippen LogP contribution < -0.4 is 19.5 Å². The zero-order valence-electron chi connectivity index (χ0n) is 14.9. The van der Waals surface area contributed by atoms with Gasteiger partial charge in [-0.1, -0.05) is 12.1 Å². The van der Waals surface area contributed by atoms with Crippen molar-refractivity contribution in [2.24, 2.45) is 0 Å². The van der Waals surface area contributed by atoms with Crippen molar-refractivity contribution in [3.63, 3.8) is 0 Å². The number of fused-ring (bicyclic) bond motifs is 1. The lowest BCUT2D eigenvalue weighted by atomic mass is 10.1. The molecule has 0 unspecified atom stereocenters. The number of nitrogens with one attached hydrogen (secondary N) is 1. The third-order valence-corrected chi connectivity index (χ3v) is 3.74. The van der Waals surface area contributed by atoms with E-state index in [9.17, 15) is 14.9 Å². The van der Waals surface area contributed by atoms with Crippen LogP contribution in [0.4, 0.5) is 5.69 Å². The number of hydrogen-bond acceptors (Lipinski definition) is 7. The highest BCUT2D eigenvalue weighted by Gasteiger charge is 2.16. The van der Waals surface area contributed by atoms with Gasteiger partial charge in [-0.2, -0.15) is 5.26 Å². The number of methoxy groups -OCH3 is 1. The quantitative estimate of drug-likeness (QED) is 0.466. The first-order valence-electron chi connectivity index (χ1n) is 8.21. The highest BCUT2D eigenvalue weighted by atomic mass is 16.7. The van der Waals surface area contributed by atoms with E-state index in [4.69, 9.17) is 18.9 Å². The minimum Gasteiger partial charge on any atom is -0.497 e. The molecule has 0 saturated carbocycles. The Balaban J connectivity index is 1.58. The molecular formula is C20H16N2O6. The number of carbonyl (C=O) groups is 2. The molecule has 1 heterocycles. The summed E-state index contributed by atoms with van der Waals surface area (Å²) in [6.07, 6.45) is 1.36. The number of ether oxygens (including phenoxy) is 4. The van der Waals surface area contributed by atoms with Crippen LogP contribution in [-0.2, 0) is 14.3 Å². The first-order chi connectivity index (χ1) is 13.6. The Labute approximate surface area is 160 Å². The Hall–Kier alpha value is -3.99. The number of esters is 1. The lowest BCUT2D eigenvalue weighted by molar-refractivity contribution is -0.142. The van der Waals surface area contributed by atoms with Crippen LogP contribution in [-0.4, -0.2) is 32.4 Å². The first-order valence-corrected chi connectivity index (χ1v) is 8.21. The van der Waals surface area contributed by atoms with Gasteiger partial charge in [0.2, 0.25) is 6.79 Å². The molecule has 1 aliphatic heterocycles. The molecule has 2 aromatic rings. The average Bonchev–Trinajstić information content (AvgIpc) is 3.18. The summed E-state index contributed by atoms with van der Waals surface area (Å²) in [7, 11) is 1.51. The van der Waals surface area contributed by atoms with Gasteiger partial charge in [-0.15, -0.1) is 0 Å². The Morgan fingerprint density at radius 3 is 2.82 bits per heavy atom. The predicted molar refractivity (Wildman–Crippen MR) is 98.7 cm³/mol. The van der Waals surface area contributed by atoms with Crippen LogP contribution in [0.25, 0.3) is 6.08 Å². The van der Waals surface area contributed by atoms with E-state index in [2.05, 4.69) is 5.32 Å². The summed E-state index contributed by atoms with van der Waals surface area (Å²) in [6, 6.07) is 13.5. The molecule has 1 amide bonds. The lowest BCUT2D eigenvalue weighted by Crippen LogP contribution is -2.21. The predicted octanol–water partition coefficient (Wildman–Crippen LogP) is 2.51. The molecule has 2 aromatic carbocycles. The van der Waals surface area contributed by atoms with Gasteiger partial charge >= 0.3 is 5.97 Å². The van der Waals surface area contributed by atoms with Crippen molar-refractivity contribution in [3.05, 3.63) is 53.6 Å². The third kappa shape index (κ3) is 4.59. The van der Waals surface area contributed by atoms with Gasteiger partial charge in [-0.25, -0.2) is 4.79 Å². The summed E-state index contributed by atoms with van der Waals surface area (Å²) in [5, 5.41) is 11.8. The second-order valence-corrected chi connectivity index (χ2v) is 5.64. The summed E-state index contributed by atoms with van der Waals surface area (Å²) in [5.41, 5.74) is 0.833. The van der Waals surface area contributed by atoms with E-state index >= 15 is 0 Å². The summed E-state index contributed by atoms with van der Waals surface area (Å²) in [6.45, 7) is -0.411. The third-order valence-electron chi connectivity index (χ3n) is 3.74. The fraction of sp³-hybridized carbons (Fsp3) is 0.150.